The molecule has 0 aliphatic carbocycles. The van der Waals surface area contributed by atoms with Crippen molar-refractivity contribution in [3.8, 4) is 22.7 Å². The van der Waals surface area contributed by atoms with Crippen LogP contribution < -0.4 is 5.11 Å². The Bertz CT molecular complexity index is 846. The fourth-order valence-corrected chi connectivity index (χ4v) is 2.76. The zero-order valence-electron chi connectivity index (χ0n) is 13.4. The summed E-state index contributed by atoms with van der Waals surface area (Å²) in [7, 11) is 0. The van der Waals surface area contributed by atoms with Gasteiger partial charge in [0.2, 0.25) is 0 Å². The highest BCUT2D eigenvalue weighted by atomic mass is 16.4. The van der Waals surface area contributed by atoms with Crippen molar-refractivity contribution in [3.05, 3.63) is 71.9 Å². The summed E-state index contributed by atoms with van der Waals surface area (Å²) in [6, 6.07) is 19.0. The molecule has 0 saturated carbocycles. The van der Waals surface area contributed by atoms with Gasteiger partial charge in [0, 0.05) is 17.4 Å². The summed E-state index contributed by atoms with van der Waals surface area (Å²) in [6.07, 6.45) is 0.352. The summed E-state index contributed by atoms with van der Waals surface area (Å²) < 4.78 is 2.02. The molecule has 0 amide bonds. The zero-order valence-corrected chi connectivity index (χ0v) is 13.4. The van der Waals surface area contributed by atoms with Crippen LogP contribution in [-0.2, 0) is 11.2 Å². The van der Waals surface area contributed by atoms with E-state index in [0.29, 0.717) is 6.42 Å². The normalized spacial score (nSPS) is 10.7. The van der Waals surface area contributed by atoms with Crippen LogP contribution in [0.25, 0.3) is 16.9 Å². The maximum Gasteiger partial charge on any atom is 0.115 e. The van der Waals surface area contributed by atoms with Crippen LogP contribution in [0.2, 0.25) is 0 Å². The van der Waals surface area contributed by atoms with E-state index in [2.05, 4.69) is 0 Å². The number of carbonyl (C=O) groups excluding carboxylic acids is 1. The predicted molar refractivity (Wildman–Crippen MR) is 90.9 cm³/mol. The number of aryl methyl sites for hydroxylation is 2. The quantitative estimate of drug-likeness (QED) is 0.786. The van der Waals surface area contributed by atoms with Gasteiger partial charge in [-0.15, -0.1) is 0 Å². The highest BCUT2D eigenvalue weighted by Gasteiger charge is 2.12. The minimum Gasteiger partial charge on any atom is -0.550 e. The molecule has 122 valence electrons. The molecule has 3 aromatic rings. The average Bonchev–Trinajstić information content (AvgIpc) is 2.98. The topological polar surface area (TPSA) is 65.3 Å². The lowest BCUT2D eigenvalue weighted by molar-refractivity contribution is -0.305. The van der Waals surface area contributed by atoms with Gasteiger partial charge in [-0.05, 0) is 61.7 Å². The fourth-order valence-electron chi connectivity index (χ4n) is 2.76. The van der Waals surface area contributed by atoms with E-state index in [9.17, 15) is 15.0 Å². The van der Waals surface area contributed by atoms with Gasteiger partial charge in [0.25, 0.3) is 0 Å². The summed E-state index contributed by atoms with van der Waals surface area (Å²) in [5.41, 5.74) is 4.98. The van der Waals surface area contributed by atoms with Crippen LogP contribution >= 0.6 is 0 Å². The van der Waals surface area contributed by atoms with E-state index in [-0.39, 0.29) is 12.2 Å². The standard InChI is InChI=1S/C20H19NO3/c1-14-2-4-15(5-3-14)19-12-8-17(9-13-20(23)24)21(19)16-6-10-18(22)11-7-16/h2-8,10-12,22H,9,13H2,1H3,(H,23,24)/p-1. The number of hydrogen-bond donors (Lipinski definition) is 1. The molecule has 0 aliphatic rings. The molecular weight excluding hydrogens is 302 g/mol. The molecule has 1 aromatic heterocycles. The monoisotopic (exact) mass is 320 g/mol. The van der Waals surface area contributed by atoms with Crippen molar-refractivity contribution in [2.75, 3.05) is 0 Å². The first kappa shape index (κ1) is 15.9. The number of benzene rings is 2. The van der Waals surface area contributed by atoms with Crippen molar-refractivity contribution in [1.82, 2.24) is 4.57 Å². The van der Waals surface area contributed by atoms with E-state index < -0.39 is 5.97 Å². The predicted octanol–water partition coefficient (Wildman–Crippen LogP) is 2.84. The maximum absolute atomic E-state index is 10.8. The molecule has 0 spiro atoms. The van der Waals surface area contributed by atoms with Gasteiger partial charge in [-0.1, -0.05) is 29.8 Å². The van der Waals surface area contributed by atoms with Crippen LogP contribution in [-0.4, -0.2) is 15.6 Å². The first-order chi connectivity index (χ1) is 11.5. The summed E-state index contributed by atoms with van der Waals surface area (Å²) in [5.74, 6) is -0.871. The highest BCUT2D eigenvalue weighted by molar-refractivity contribution is 5.67. The molecule has 24 heavy (non-hydrogen) atoms. The lowest BCUT2D eigenvalue weighted by Gasteiger charge is -2.15. The zero-order chi connectivity index (χ0) is 17.1. The molecule has 0 saturated heterocycles. The molecule has 0 bridgehead atoms. The van der Waals surface area contributed by atoms with Gasteiger partial charge in [-0.25, -0.2) is 0 Å². The van der Waals surface area contributed by atoms with E-state index >= 15 is 0 Å². The highest BCUT2D eigenvalue weighted by Crippen LogP contribution is 2.28. The van der Waals surface area contributed by atoms with E-state index in [1.54, 1.807) is 12.1 Å². The summed E-state index contributed by atoms with van der Waals surface area (Å²) >= 11 is 0. The Labute approximate surface area is 140 Å². The lowest BCUT2D eigenvalue weighted by atomic mass is 10.1. The average molecular weight is 320 g/mol. The minimum absolute atomic E-state index is 0.0323. The Morgan fingerprint density at radius 3 is 2.29 bits per heavy atom. The second-order valence-corrected chi connectivity index (χ2v) is 5.80. The molecule has 0 radical (unpaired) electrons. The molecule has 1 heterocycles. The number of aliphatic carboxylic acids is 1. The van der Waals surface area contributed by atoms with Crippen LogP contribution in [0.5, 0.6) is 5.75 Å². The van der Waals surface area contributed by atoms with E-state index in [4.69, 9.17) is 0 Å². The first-order valence-corrected chi connectivity index (χ1v) is 7.81. The van der Waals surface area contributed by atoms with Crippen LogP contribution in [0.3, 0.4) is 0 Å². The number of aromatic hydroxyl groups is 1. The third-order valence-corrected chi connectivity index (χ3v) is 4.00. The Balaban J connectivity index is 2.09. The van der Waals surface area contributed by atoms with Crippen molar-refractivity contribution < 1.29 is 15.0 Å². The summed E-state index contributed by atoms with van der Waals surface area (Å²) in [4.78, 5) is 10.8. The number of hydrogen-bond acceptors (Lipinski definition) is 3. The second-order valence-electron chi connectivity index (χ2n) is 5.80. The Morgan fingerprint density at radius 1 is 1.00 bits per heavy atom. The van der Waals surface area contributed by atoms with Gasteiger partial charge in [-0.3, -0.25) is 0 Å². The van der Waals surface area contributed by atoms with E-state index in [1.807, 2.05) is 60.0 Å². The minimum atomic E-state index is -1.06. The number of carbonyl (C=O) groups is 1. The number of rotatable bonds is 5. The summed E-state index contributed by atoms with van der Waals surface area (Å²) in [5, 5.41) is 20.3. The van der Waals surface area contributed by atoms with Crippen LogP contribution in [0.15, 0.2) is 60.7 Å². The van der Waals surface area contributed by atoms with Gasteiger partial charge in [0.05, 0.1) is 5.69 Å². The van der Waals surface area contributed by atoms with Gasteiger partial charge < -0.3 is 19.6 Å². The Morgan fingerprint density at radius 2 is 1.67 bits per heavy atom. The molecule has 4 heteroatoms. The van der Waals surface area contributed by atoms with Crippen molar-refractivity contribution in [2.45, 2.75) is 19.8 Å². The SMILES string of the molecule is Cc1ccc(-c2ccc(CCC(=O)[O-])n2-c2ccc(O)cc2)cc1. The Hall–Kier alpha value is -3.01. The second kappa shape index (κ2) is 6.62. The first-order valence-electron chi connectivity index (χ1n) is 7.81. The Kier molecular flexibility index (Phi) is 4.38. The molecule has 0 fully saturated rings. The number of carboxylic acid groups (broad SMARTS) is 1. The van der Waals surface area contributed by atoms with Gasteiger partial charge in [-0.2, -0.15) is 0 Å². The molecule has 4 nitrogen and oxygen atoms in total. The smallest absolute Gasteiger partial charge is 0.115 e. The number of nitrogens with zero attached hydrogens (tertiary/aromatic N) is 1. The lowest BCUT2D eigenvalue weighted by Crippen LogP contribution is -2.22. The number of phenolic OH excluding ortho intramolecular Hbond substituents is 1. The van der Waals surface area contributed by atoms with Crippen LogP contribution in [0, 0.1) is 6.92 Å². The molecule has 0 atom stereocenters. The van der Waals surface area contributed by atoms with Gasteiger partial charge >= 0.3 is 0 Å². The largest absolute Gasteiger partial charge is 0.550 e. The van der Waals surface area contributed by atoms with Crippen LogP contribution in [0.4, 0.5) is 0 Å². The molecule has 0 unspecified atom stereocenters. The molecule has 1 N–H and O–H groups in total. The third-order valence-electron chi connectivity index (χ3n) is 4.00. The van der Waals surface area contributed by atoms with Gasteiger partial charge in [0.15, 0.2) is 0 Å². The number of phenols is 1. The molecule has 3 rings (SSSR count). The maximum atomic E-state index is 10.8. The van der Waals surface area contributed by atoms with E-state index in [1.165, 1.54) is 5.56 Å². The molecule has 2 aromatic carbocycles. The number of aromatic nitrogens is 1. The molecule has 0 aliphatic heterocycles. The fraction of sp³-hybridized carbons (Fsp3) is 0.150. The third kappa shape index (κ3) is 3.33. The van der Waals surface area contributed by atoms with Crippen LogP contribution in [0.1, 0.15) is 17.7 Å². The van der Waals surface area contributed by atoms with E-state index in [0.717, 1.165) is 22.6 Å². The number of carboxylic acids is 1. The molecular formula is C20H18NO3-. The van der Waals surface area contributed by atoms with Crippen molar-refractivity contribution in [1.29, 1.82) is 0 Å². The van der Waals surface area contributed by atoms with Gasteiger partial charge in [0.1, 0.15) is 5.75 Å². The summed E-state index contributed by atoms with van der Waals surface area (Å²) in [6.45, 7) is 2.04. The van der Waals surface area contributed by atoms with Crippen molar-refractivity contribution in [2.24, 2.45) is 0 Å². The van der Waals surface area contributed by atoms with Crippen molar-refractivity contribution in [3.63, 3.8) is 0 Å². The van der Waals surface area contributed by atoms with Crippen molar-refractivity contribution >= 4 is 5.97 Å².